The van der Waals surface area contributed by atoms with Crippen LogP contribution in [0.25, 0.3) is 16.6 Å². The second-order valence-electron chi connectivity index (χ2n) is 7.40. The number of benzene rings is 2. The Labute approximate surface area is 180 Å². The minimum atomic E-state index is -4.47. The summed E-state index contributed by atoms with van der Waals surface area (Å²) >= 11 is 1.18. The molecule has 0 radical (unpaired) electrons. The topological polar surface area (TPSA) is 59.3 Å². The quantitative estimate of drug-likeness (QED) is 0.419. The summed E-state index contributed by atoms with van der Waals surface area (Å²) < 4.78 is 40.5. The summed E-state index contributed by atoms with van der Waals surface area (Å²) in [5.74, 6) is -0.442. The van der Waals surface area contributed by atoms with Crippen molar-refractivity contribution < 1.29 is 18.0 Å². The van der Waals surface area contributed by atoms with E-state index in [0.29, 0.717) is 10.8 Å². The van der Waals surface area contributed by atoms with E-state index in [-0.39, 0.29) is 11.4 Å². The summed E-state index contributed by atoms with van der Waals surface area (Å²) in [4.78, 5) is 12.4. The molecule has 0 aliphatic carbocycles. The number of thioether (sulfide) groups is 1. The molecular weight excluding hydrogens is 425 g/mol. The number of carbonyl (C=O) groups is 1. The van der Waals surface area contributed by atoms with Crippen molar-refractivity contribution in [3.8, 4) is 0 Å². The molecule has 5 nitrogen and oxygen atoms in total. The SMILES string of the molecule is Cc1cc(C)c2c(c1)c(C)cc1nnc(SCC(=O)Nc3cccc(C(F)(F)F)c3)n12. The largest absolute Gasteiger partial charge is 0.416 e. The number of nitrogens with one attached hydrogen (secondary N) is 1. The maximum Gasteiger partial charge on any atom is 0.416 e. The lowest BCUT2D eigenvalue weighted by molar-refractivity contribution is -0.137. The van der Waals surface area contributed by atoms with Gasteiger partial charge in [-0.1, -0.05) is 29.5 Å². The van der Waals surface area contributed by atoms with Gasteiger partial charge in [0.15, 0.2) is 10.8 Å². The summed E-state index contributed by atoms with van der Waals surface area (Å²) in [6.45, 7) is 6.07. The van der Waals surface area contributed by atoms with Gasteiger partial charge < -0.3 is 5.32 Å². The molecule has 2 heterocycles. The van der Waals surface area contributed by atoms with Crippen LogP contribution in [0.4, 0.5) is 18.9 Å². The molecule has 2 aromatic carbocycles. The molecule has 4 aromatic rings. The van der Waals surface area contributed by atoms with E-state index in [1.807, 2.05) is 31.2 Å². The van der Waals surface area contributed by atoms with Gasteiger partial charge in [-0.05, 0) is 62.2 Å². The highest BCUT2D eigenvalue weighted by molar-refractivity contribution is 7.99. The number of pyridine rings is 1. The Morgan fingerprint density at radius 3 is 2.58 bits per heavy atom. The highest BCUT2D eigenvalue weighted by Crippen LogP contribution is 2.31. The van der Waals surface area contributed by atoms with E-state index in [1.54, 1.807) is 0 Å². The molecule has 4 rings (SSSR count). The van der Waals surface area contributed by atoms with Crippen LogP contribution in [0, 0.1) is 20.8 Å². The zero-order chi connectivity index (χ0) is 22.3. The van der Waals surface area contributed by atoms with Crippen molar-refractivity contribution in [3.05, 3.63) is 64.7 Å². The lowest BCUT2D eigenvalue weighted by atomic mass is 10.0. The van der Waals surface area contributed by atoms with E-state index in [2.05, 4.69) is 27.6 Å². The summed E-state index contributed by atoms with van der Waals surface area (Å²) in [5.41, 5.74) is 4.24. The number of anilines is 1. The number of fused-ring (bicyclic) bond motifs is 3. The predicted molar refractivity (Wildman–Crippen MR) is 116 cm³/mol. The molecule has 0 saturated carbocycles. The van der Waals surface area contributed by atoms with Crippen molar-refractivity contribution in [2.24, 2.45) is 0 Å². The van der Waals surface area contributed by atoms with Gasteiger partial charge >= 0.3 is 6.18 Å². The first-order valence-electron chi connectivity index (χ1n) is 9.49. The second-order valence-corrected chi connectivity index (χ2v) is 8.34. The van der Waals surface area contributed by atoms with Crippen LogP contribution in [0.5, 0.6) is 0 Å². The average Bonchev–Trinajstić information content (AvgIpc) is 3.08. The molecule has 1 amide bonds. The van der Waals surface area contributed by atoms with Crippen molar-refractivity contribution >= 4 is 39.9 Å². The smallest absolute Gasteiger partial charge is 0.325 e. The summed E-state index contributed by atoms with van der Waals surface area (Å²) in [6, 6.07) is 10.7. The van der Waals surface area contributed by atoms with Crippen LogP contribution in [0.15, 0.2) is 47.6 Å². The standard InChI is InChI=1S/C22H19F3N4OS/c1-12-7-14(3)20-17(8-12)13(2)9-18-27-28-21(29(18)20)31-11-19(30)26-16-6-4-5-15(10-16)22(23,24)25/h4-10H,11H2,1-3H3,(H,26,30). The van der Waals surface area contributed by atoms with Crippen LogP contribution in [0.2, 0.25) is 0 Å². The van der Waals surface area contributed by atoms with Gasteiger partial charge in [0.25, 0.3) is 0 Å². The first kappa shape index (κ1) is 21.2. The highest BCUT2D eigenvalue weighted by Gasteiger charge is 2.30. The number of carbonyl (C=O) groups excluding carboxylic acids is 1. The van der Waals surface area contributed by atoms with E-state index in [9.17, 15) is 18.0 Å². The number of aryl methyl sites for hydroxylation is 3. The number of halogens is 3. The molecule has 0 aliphatic heterocycles. The Morgan fingerprint density at radius 2 is 1.84 bits per heavy atom. The van der Waals surface area contributed by atoms with E-state index >= 15 is 0 Å². The Balaban J connectivity index is 1.59. The van der Waals surface area contributed by atoms with Gasteiger partial charge in [-0.15, -0.1) is 10.2 Å². The molecule has 31 heavy (non-hydrogen) atoms. The minimum Gasteiger partial charge on any atom is -0.325 e. The van der Waals surface area contributed by atoms with Crippen LogP contribution in [0.1, 0.15) is 22.3 Å². The summed E-state index contributed by atoms with van der Waals surface area (Å²) in [5, 5.41) is 12.6. The lowest BCUT2D eigenvalue weighted by Crippen LogP contribution is -2.15. The normalized spacial score (nSPS) is 11.9. The molecule has 0 saturated heterocycles. The molecule has 160 valence electrons. The number of nitrogens with zero attached hydrogens (tertiary/aromatic N) is 3. The Kier molecular flexibility index (Phi) is 5.38. The summed E-state index contributed by atoms with van der Waals surface area (Å²) in [7, 11) is 0. The maximum atomic E-state index is 12.9. The second kappa shape index (κ2) is 7.88. The monoisotopic (exact) mass is 444 g/mol. The first-order valence-corrected chi connectivity index (χ1v) is 10.5. The van der Waals surface area contributed by atoms with Crippen molar-refractivity contribution in [1.82, 2.24) is 14.6 Å². The zero-order valence-electron chi connectivity index (χ0n) is 17.0. The molecule has 1 N–H and O–H groups in total. The zero-order valence-corrected chi connectivity index (χ0v) is 17.9. The van der Waals surface area contributed by atoms with Crippen LogP contribution in [0.3, 0.4) is 0 Å². The molecule has 0 fully saturated rings. The lowest BCUT2D eigenvalue weighted by Gasteiger charge is -2.12. The van der Waals surface area contributed by atoms with E-state index in [4.69, 9.17) is 0 Å². The molecule has 0 aliphatic rings. The maximum absolute atomic E-state index is 12.9. The van der Waals surface area contributed by atoms with Crippen LogP contribution in [-0.2, 0) is 11.0 Å². The molecule has 0 unspecified atom stereocenters. The van der Waals surface area contributed by atoms with Gasteiger partial charge in [0, 0.05) is 11.1 Å². The Morgan fingerprint density at radius 1 is 1.06 bits per heavy atom. The molecule has 0 atom stereocenters. The van der Waals surface area contributed by atoms with Crippen molar-refractivity contribution in [2.75, 3.05) is 11.1 Å². The van der Waals surface area contributed by atoms with Gasteiger partial charge in [-0.25, -0.2) is 0 Å². The fraction of sp³-hybridized carbons (Fsp3) is 0.227. The number of alkyl halides is 3. The Hall–Kier alpha value is -3.07. The highest BCUT2D eigenvalue weighted by atomic mass is 32.2. The number of hydrogen-bond acceptors (Lipinski definition) is 4. The van der Waals surface area contributed by atoms with Gasteiger partial charge in [-0.3, -0.25) is 9.20 Å². The third-order valence-corrected chi connectivity index (χ3v) is 5.83. The van der Waals surface area contributed by atoms with E-state index in [1.165, 1.54) is 23.9 Å². The molecule has 9 heteroatoms. The van der Waals surface area contributed by atoms with Gasteiger partial charge in [0.1, 0.15) is 0 Å². The van der Waals surface area contributed by atoms with Crippen molar-refractivity contribution in [1.29, 1.82) is 0 Å². The van der Waals surface area contributed by atoms with Gasteiger partial charge in [0.2, 0.25) is 5.91 Å². The predicted octanol–water partition coefficient (Wildman–Crippen LogP) is 5.56. The summed E-state index contributed by atoms with van der Waals surface area (Å²) in [6.07, 6.45) is -4.47. The number of amides is 1. The number of rotatable bonds is 4. The number of hydrogen-bond donors (Lipinski definition) is 1. The van der Waals surface area contributed by atoms with Crippen molar-refractivity contribution in [2.45, 2.75) is 32.1 Å². The fourth-order valence-corrected chi connectivity index (χ4v) is 4.35. The van der Waals surface area contributed by atoms with Crippen LogP contribution >= 0.6 is 11.8 Å². The van der Waals surface area contributed by atoms with Crippen LogP contribution in [-0.4, -0.2) is 26.3 Å². The molecule has 0 bridgehead atoms. The van der Waals surface area contributed by atoms with Gasteiger partial charge in [0.05, 0.1) is 16.8 Å². The number of aromatic nitrogens is 3. The van der Waals surface area contributed by atoms with Crippen molar-refractivity contribution in [3.63, 3.8) is 0 Å². The molecular formula is C22H19F3N4OS. The first-order chi connectivity index (χ1) is 14.6. The van der Waals surface area contributed by atoms with E-state index < -0.39 is 17.6 Å². The Bertz CT molecular complexity index is 1310. The fourth-order valence-electron chi connectivity index (χ4n) is 3.61. The third kappa shape index (κ3) is 4.23. The molecule has 0 spiro atoms. The average molecular weight is 444 g/mol. The van der Waals surface area contributed by atoms with E-state index in [0.717, 1.165) is 39.7 Å². The minimum absolute atomic E-state index is 0.0166. The van der Waals surface area contributed by atoms with Crippen LogP contribution < -0.4 is 5.32 Å². The molecule has 2 aromatic heterocycles. The third-order valence-electron chi connectivity index (χ3n) is 4.90. The van der Waals surface area contributed by atoms with Gasteiger partial charge in [-0.2, -0.15) is 13.2 Å².